The molecule has 384 valence electrons. The normalized spacial score (nSPS) is 13.9. The molecule has 0 fully saturated rings. The van der Waals surface area contributed by atoms with Gasteiger partial charge in [-0.25, -0.2) is 9.59 Å². The molecule has 0 saturated carbocycles. The minimum Gasteiger partial charge on any atom is -0.352 e. The number of hydrogen-bond acceptors (Lipinski definition) is 7. The highest BCUT2D eigenvalue weighted by molar-refractivity contribution is 5.96. The van der Waals surface area contributed by atoms with Crippen LogP contribution < -0.4 is 38.1 Å². The molecule has 2 aromatic carbocycles. The smallest absolute Gasteiger partial charge is 0.312 e. The van der Waals surface area contributed by atoms with Gasteiger partial charge >= 0.3 is 12.1 Å². The quantitative estimate of drug-likeness (QED) is 0.0506. The standard InChI is InChI=1S/C28H47N3O3.C27H46N4O3/c1-19(2)22(18-28(6,7)8)25(33)31-23(10-9-15-30-26(29)34)24(32)16-20-11-13-21(14-12-20)17-27(3,4)5;1-18(2)23(31-27(6,7)8)22(32)16-20(10-9-15-29-25(28)34)24(33)30-21-13-11-19(12-14-21)17-26(3,4)5/h11-14,19,22-23H,9-10,15-18H2,1-8H3,(H,31,33)(H3,29,30,34);11-14,18,20,23,31H,9-10,15-17H2,1-8H3,(H,30,33)(H3,28,29,34)/t22-,23-;20-,23+/m01/s1. The van der Waals surface area contributed by atoms with E-state index in [0.29, 0.717) is 44.5 Å². The van der Waals surface area contributed by atoms with Crippen LogP contribution in [0.1, 0.15) is 166 Å². The van der Waals surface area contributed by atoms with Crippen molar-refractivity contribution >= 4 is 41.1 Å². The van der Waals surface area contributed by atoms with Gasteiger partial charge in [0.15, 0.2) is 11.6 Å². The van der Waals surface area contributed by atoms with Gasteiger partial charge in [0.05, 0.1) is 12.1 Å². The third-order valence-corrected chi connectivity index (χ3v) is 11.2. The minimum absolute atomic E-state index is 0.00594. The molecular weight excluding hydrogens is 855 g/mol. The number of carbonyl (C=O) groups is 6. The van der Waals surface area contributed by atoms with Crippen molar-refractivity contribution < 1.29 is 28.8 Å². The average Bonchev–Trinajstić information content (AvgIpc) is 3.17. The van der Waals surface area contributed by atoms with E-state index in [1.165, 1.54) is 11.1 Å². The fraction of sp³-hybridized carbons (Fsp3) is 0.673. The molecule has 2 aromatic rings. The average molecular weight is 948 g/mol. The van der Waals surface area contributed by atoms with Crippen LogP contribution >= 0.6 is 0 Å². The van der Waals surface area contributed by atoms with Crippen LogP contribution in [0.15, 0.2) is 48.5 Å². The van der Waals surface area contributed by atoms with Gasteiger partial charge in [-0.15, -0.1) is 0 Å². The van der Waals surface area contributed by atoms with Crippen molar-refractivity contribution in [1.82, 2.24) is 21.3 Å². The van der Waals surface area contributed by atoms with Crippen LogP contribution in [0.2, 0.25) is 0 Å². The molecule has 0 aliphatic heterocycles. The molecule has 68 heavy (non-hydrogen) atoms. The zero-order chi connectivity index (χ0) is 52.2. The van der Waals surface area contributed by atoms with E-state index in [1.807, 2.05) is 84.9 Å². The van der Waals surface area contributed by atoms with Gasteiger partial charge in [0.1, 0.15) is 0 Å². The molecule has 0 aliphatic carbocycles. The van der Waals surface area contributed by atoms with Crippen LogP contribution in [0.25, 0.3) is 0 Å². The maximum Gasteiger partial charge on any atom is 0.312 e. The first-order chi connectivity index (χ1) is 31.1. The third-order valence-electron chi connectivity index (χ3n) is 11.2. The Labute approximate surface area is 411 Å². The van der Waals surface area contributed by atoms with Crippen LogP contribution in [-0.2, 0) is 38.4 Å². The lowest BCUT2D eigenvalue weighted by atomic mass is 9.79. The number of nitrogens with two attached hydrogens (primary N) is 2. The van der Waals surface area contributed by atoms with E-state index in [0.717, 1.165) is 24.8 Å². The summed E-state index contributed by atoms with van der Waals surface area (Å²) in [7, 11) is 0. The summed E-state index contributed by atoms with van der Waals surface area (Å²) in [6, 6.07) is 13.9. The van der Waals surface area contributed by atoms with E-state index in [-0.39, 0.29) is 81.8 Å². The zero-order valence-corrected chi connectivity index (χ0v) is 45.0. The first-order valence-electron chi connectivity index (χ1n) is 24.8. The molecule has 13 nitrogen and oxygen atoms in total. The van der Waals surface area contributed by atoms with Crippen molar-refractivity contribution in [2.45, 2.75) is 186 Å². The number of anilines is 1. The predicted octanol–water partition coefficient (Wildman–Crippen LogP) is 9.68. The van der Waals surface area contributed by atoms with Crippen molar-refractivity contribution in [1.29, 1.82) is 0 Å². The summed E-state index contributed by atoms with van der Waals surface area (Å²) in [5.41, 5.74) is 14.6. The second-order valence-corrected chi connectivity index (χ2v) is 24.1. The predicted molar refractivity (Wildman–Crippen MR) is 279 cm³/mol. The summed E-state index contributed by atoms with van der Waals surface area (Å²) in [5.74, 6) is -0.664. The van der Waals surface area contributed by atoms with Crippen LogP contribution in [0.5, 0.6) is 0 Å². The van der Waals surface area contributed by atoms with Crippen molar-refractivity contribution in [2.75, 3.05) is 18.4 Å². The van der Waals surface area contributed by atoms with Crippen LogP contribution in [0.3, 0.4) is 0 Å². The van der Waals surface area contributed by atoms with E-state index in [9.17, 15) is 28.8 Å². The highest BCUT2D eigenvalue weighted by Gasteiger charge is 2.32. The number of Topliss-reactive ketones (excluding diaryl/α,β-unsaturated/α-hetero) is 2. The van der Waals surface area contributed by atoms with Crippen molar-refractivity contribution in [3.8, 4) is 0 Å². The molecule has 0 spiro atoms. The van der Waals surface area contributed by atoms with E-state index in [4.69, 9.17) is 11.5 Å². The molecule has 9 N–H and O–H groups in total. The van der Waals surface area contributed by atoms with Gasteiger partial charge in [-0.1, -0.05) is 126 Å². The van der Waals surface area contributed by atoms with E-state index in [1.54, 1.807) is 0 Å². The first-order valence-corrected chi connectivity index (χ1v) is 24.8. The fourth-order valence-electron chi connectivity index (χ4n) is 8.02. The number of benzene rings is 2. The SMILES string of the molecule is CC(C)[C@H](CC(C)(C)C)C(=O)N[C@@H](CCCNC(N)=O)C(=O)Cc1ccc(CC(C)(C)C)cc1.CC(C)[C@H](NC(C)(C)C)C(=O)C[C@@H](CCCNC(N)=O)C(=O)Nc1ccc(CC(C)(C)C)cc1. The number of amides is 6. The Morgan fingerprint density at radius 1 is 0.559 bits per heavy atom. The van der Waals surface area contributed by atoms with Gasteiger partial charge in [-0.3, -0.25) is 19.2 Å². The molecule has 0 saturated heterocycles. The van der Waals surface area contributed by atoms with Gasteiger partial charge in [-0.2, -0.15) is 0 Å². The molecule has 2 rings (SSSR count). The number of rotatable bonds is 24. The lowest BCUT2D eigenvalue weighted by Crippen LogP contribution is -2.51. The Hall–Kier alpha value is -4.78. The number of primary amides is 2. The number of urea groups is 2. The second-order valence-electron chi connectivity index (χ2n) is 24.1. The Morgan fingerprint density at radius 2 is 1.01 bits per heavy atom. The van der Waals surface area contributed by atoms with Crippen LogP contribution in [0.4, 0.5) is 15.3 Å². The maximum atomic E-state index is 13.2. The highest BCUT2D eigenvalue weighted by Crippen LogP contribution is 2.30. The summed E-state index contributed by atoms with van der Waals surface area (Å²) in [5, 5.41) is 14.5. The summed E-state index contributed by atoms with van der Waals surface area (Å²) in [4.78, 5) is 74.8. The monoisotopic (exact) mass is 948 g/mol. The Bertz CT molecular complexity index is 1740. The summed E-state index contributed by atoms with van der Waals surface area (Å²) in [6.45, 7) is 34.5. The zero-order valence-electron chi connectivity index (χ0n) is 45.0. The largest absolute Gasteiger partial charge is 0.352 e. The highest BCUT2D eigenvalue weighted by atomic mass is 16.2. The van der Waals surface area contributed by atoms with E-state index in [2.05, 4.69) is 101 Å². The molecule has 0 aliphatic rings. The van der Waals surface area contributed by atoms with Crippen molar-refractivity contribution in [3.63, 3.8) is 0 Å². The summed E-state index contributed by atoms with van der Waals surface area (Å²) >= 11 is 0. The van der Waals surface area contributed by atoms with Crippen molar-refractivity contribution in [3.05, 3.63) is 65.2 Å². The molecule has 0 aromatic heterocycles. The Balaban J connectivity index is 0.000000680. The Kier molecular flexibility index (Phi) is 25.2. The lowest BCUT2D eigenvalue weighted by Gasteiger charge is -2.31. The molecule has 13 heteroatoms. The maximum absolute atomic E-state index is 13.2. The number of carbonyl (C=O) groups excluding carboxylic acids is 6. The number of nitrogens with one attached hydrogen (secondary N) is 5. The number of ketones is 2. The minimum atomic E-state index is -0.599. The van der Waals surface area contributed by atoms with Gasteiger partial charge in [-0.05, 0) is 123 Å². The molecule has 0 unspecified atom stereocenters. The van der Waals surface area contributed by atoms with Gasteiger partial charge in [0.25, 0.3) is 0 Å². The van der Waals surface area contributed by atoms with Gasteiger partial charge in [0.2, 0.25) is 11.8 Å². The topological polar surface area (TPSA) is 215 Å². The van der Waals surface area contributed by atoms with Crippen LogP contribution in [-0.4, -0.2) is 66.2 Å². The third kappa shape index (κ3) is 27.9. The molecule has 4 atom stereocenters. The molecule has 0 heterocycles. The summed E-state index contributed by atoms with van der Waals surface area (Å²) < 4.78 is 0. The number of hydrogen-bond donors (Lipinski definition) is 7. The van der Waals surface area contributed by atoms with Gasteiger partial charge < -0.3 is 38.1 Å². The fourth-order valence-corrected chi connectivity index (χ4v) is 8.02. The molecule has 6 amide bonds. The van der Waals surface area contributed by atoms with Crippen LogP contribution in [0, 0.1) is 39.9 Å². The molecular formula is C55H93N7O6. The lowest BCUT2D eigenvalue weighted by molar-refractivity contribution is -0.132. The molecule has 0 bridgehead atoms. The Morgan fingerprint density at radius 3 is 1.43 bits per heavy atom. The summed E-state index contributed by atoms with van der Waals surface area (Å²) in [6.07, 6.45) is 5.09. The van der Waals surface area contributed by atoms with E-state index >= 15 is 0 Å². The molecule has 0 radical (unpaired) electrons. The van der Waals surface area contributed by atoms with Crippen molar-refractivity contribution in [2.24, 2.45) is 51.4 Å². The van der Waals surface area contributed by atoms with Gasteiger partial charge in [0, 0.05) is 49.0 Å². The first kappa shape index (κ1) is 61.2. The second kappa shape index (κ2) is 28.0. The van der Waals surface area contributed by atoms with E-state index < -0.39 is 24.0 Å².